The minimum absolute atomic E-state index is 0.144. The molecule has 3 heteroatoms. The molecule has 0 aliphatic carbocycles. The molecule has 0 saturated carbocycles. The summed E-state index contributed by atoms with van der Waals surface area (Å²) < 4.78 is 15.8. The van der Waals surface area contributed by atoms with Gasteiger partial charge in [-0.2, -0.15) is 0 Å². The molecular formula is C13H17FN2. The van der Waals surface area contributed by atoms with E-state index in [0.29, 0.717) is 5.39 Å². The first-order chi connectivity index (χ1) is 7.69. The number of aryl methyl sites for hydroxylation is 1. The number of nitrogens with one attached hydrogen (secondary N) is 1. The van der Waals surface area contributed by atoms with Crippen molar-refractivity contribution in [2.24, 2.45) is 0 Å². The highest BCUT2D eigenvalue weighted by molar-refractivity contribution is 5.82. The number of benzene rings is 1. The molecule has 1 atom stereocenters. The highest BCUT2D eigenvalue weighted by Gasteiger charge is 2.14. The third-order valence-corrected chi connectivity index (χ3v) is 3.12. The SMILES string of the molecule is CCn1c(C(C)NC)cc2c(F)cccc21. The van der Waals surface area contributed by atoms with E-state index in [2.05, 4.69) is 23.7 Å². The van der Waals surface area contributed by atoms with E-state index < -0.39 is 0 Å². The van der Waals surface area contributed by atoms with Crippen LogP contribution in [0.1, 0.15) is 25.6 Å². The molecule has 2 aromatic rings. The first-order valence-corrected chi connectivity index (χ1v) is 5.64. The van der Waals surface area contributed by atoms with E-state index in [4.69, 9.17) is 0 Å². The van der Waals surface area contributed by atoms with Gasteiger partial charge < -0.3 is 9.88 Å². The van der Waals surface area contributed by atoms with Gasteiger partial charge in [0.25, 0.3) is 0 Å². The van der Waals surface area contributed by atoms with Crippen LogP contribution in [0.25, 0.3) is 10.9 Å². The van der Waals surface area contributed by atoms with Gasteiger partial charge >= 0.3 is 0 Å². The lowest BCUT2D eigenvalue weighted by atomic mass is 10.2. The Morgan fingerprint density at radius 2 is 2.19 bits per heavy atom. The number of rotatable bonds is 3. The third-order valence-electron chi connectivity index (χ3n) is 3.12. The highest BCUT2D eigenvalue weighted by Crippen LogP contribution is 2.26. The second-order valence-corrected chi connectivity index (χ2v) is 4.00. The van der Waals surface area contributed by atoms with E-state index in [9.17, 15) is 4.39 Å². The third kappa shape index (κ3) is 1.61. The molecule has 2 rings (SSSR count). The molecule has 86 valence electrons. The van der Waals surface area contributed by atoms with Crippen LogP contribution in [-0.2, 0) is 6.54 Å². The largest absolute Gasteiger partial charge is 0.343 e. The number of aromatic nitrogens is 1. The topological polar surface area (TPSA) is 17.0 Å². The summed E-state index contributed by atoms with van der Waals surface area (Å²) >= 11 is 0. The number of halogens is 1. The Labute approximate surface area is 95.1 Å². The Morgan fingerprint density at radius 3 is 2.81 bits per heavy atom. The summed E-state index contributed by atoms with van der Waals surface area (Å²) in [6.07, 6.45) is 0. The minimum Gasteiger partial charge on any atom is -0.343 e. The van der Waals surface area contributed by atoms with Crippen LogP contribution in [0, 0.1) is 5.82 Å². The Balaban J connectivity index is 2.71. The van der Waals surface area contributed by atoms with Crippen molar-refractivity contribution >= 4 is 10.9 Å². The van der Waals surface area contributed by atoms with E-state index in [1.165, 1.54) is 6.07 Å². The van der Waals surface area contributed by atoms with Crippen LogP contribution < -0.4 is 5.32 Å². The lowest BCUT2D eigenvalue weighted by Gasteiger charge is -2.13. The average Bonchev–Trinajstić information content (AvgIpc) is 2.68. The highest BCUT2D eigenvalue weighted by atomic mass is 19.1. The van der Waals surface area contributed by atoms with Gasteiger partial charge in [-0.05, 0) is 39.1 Å². The predicted molar refractivity (Wildman–Crippen MR) is 65.0 cm³/mol. The van der Waals surface area contributed by atoms with Gasteiger partial charge in [-0.3, -0.25) is 0 Å². The number of hydrogen-bond acceptors (Lipinski definition) is 1. The van der Waals surface area contributed by atoms with Gasteiger partial charge in [0.1, 0.15) is 5.82 Å². The van der Waals surface area contributed by atoms with Gasteiger partial charge in [-0.25, -0.2) is 4.39 Å². The van der Waals surface area contributed by atoms with Crippen molar-refractivity contribution in [2.45, 2.75) is 26.4 Å². The van der Waals surface area contributed by atoms with E-state index in [1.807, 2.05) is 19.2 Å². The fraction of sp³-hybridized carbons (Fsp3) is 0.385. The average molecular weight is 220 g/mol. The summed E-state index contributed by atoms with van der Waals surface area (Å²) in [6, 6.07) is 7.41. The second-order valence-electron chi connectivity index (χ2n) is 4.00. The molecule has 0 fully saturated rings. The van der Waals surface area contributed by atoms with Gasteiger partial charge in [0.2, 0.25) is 0 Å². The quantitative estimate of drug-likeness (QED) is 0.841. The lowest BCUT2D eigenvalue weighted by molar-refractivity contribution is 0.589. The molecule has 0 bridgehead atoms. The van der Waals surface area contributed by atoms with Crippen LogP contribution in [0.4, 0.5) is 4.39 Å². The van der Waals surface area contributed by atoms with Crippen molar-refractivity contribution in [2.75, 3.05) is 7.05 Å². The van der Waals surface area contributed by atoms with Crippen molar-refractivity contribution in [1.29, 1.82) is 0 Å². The monoisotopic (exact) mass is 220 g/mol. The molecule has 0 saturated heterocycles. The molecule has 0 aliphatic heterocycles. The second kappa shape index (κ2) is 4.26. The van der Waals surface area contributed by atoms with Crippen LogP contribution >= 0.6 is 0 Å². The maximum absolute atomic E-state index is 13.6. The van der Waals surface area contributed by atoms with Crippen LogP contribution in [-0.4, -0.2) is 11.6 Å². The maximum Gasteiger partial charge on any atom is 0.132 e. The van der Waals surface area contributed by atoms with Crippen molar-refractivity contribution in [3.63, 3.8) is 0 Å². The molecule has 1 aromatic heterocycles. The zero-order chi connectivity index (χ0) is 11.7. The first kappa shape index (κ1) is 11.1. The summed E-state index contributed by atoms with van der Waals surface area (Å²) in [6.45, 7) is 5.02. The normalized spacial score (nSPS) is 13.2. The molecule has 0 aliphatic rings. The summed E-state index contributed by atoms with van der Waals surface area (Å²) in [5.41, 5.74) is 2.10. The summed E-state index contributed by atoms with van der Waals surface area (Å²) in [4.78, 5) is 0. The summed E-state index contributed by atoms with van der Waals surface area (Å²) in [5.74, 6) is -0.144. The first-order valence-electron chi connectivity index (χ1n) is 5.64. The van der Waals surface area contributed by atoms with E-state index >= 15 is 0 Å². The molecule has 0 amide bonds. The number of nitrogens with zero attached hydrogens (tertiary/aromatic N) is 1. The van der Waals surface area contributed by atoms with Crippen molar-refractivity contribution in [3.05, 3.63) is 35.8 Å². The molecule has 1 N–H and O–H groups in total. The van der Waals surface area contributed by atoms with Crippen molar-refractivity contribution in [3.8, 4) is 0 Å². The molecule has 1 unspecified atom stereocenters. The predicted octanol–water partition coefficient (Wildman–Crippen LogP) is 3.08. The molecule has 16 heavy (non-hydrogen) atoms. The molecule has 1 aromatic carbocycles. The Hall–Kier alpha value is -1.35. The number of hydrogen-bond donors (Lipinski definition) is 1. The van der Waals surface area contributed by atoms with Crippen LogP contribution in [0.5, 0.6) is 0 Å². The van der Waals surface area contributed by atoms with Crippen molar-refractivity contribution < 1.29 is 4.39 Å². The van der Waals surface area contributed by atoms with Gasteiger partial charge in [0.15, 0.2) is 0 Å². The van der Waals surface area contributed by atoms with Gasteiger partial charge in [0, 0.05) is 23.7 Å². The summed E-state index contributed by atoms with van der Waals surface area (Å²) in [7, 11) is 1.92. The molecule has 2 nitrogen and oxygen atoms in total. The summed E-state index contributed by atoms with van der Waals surface area (Å²) in [5, 5.41) is 3.90. The Morgan fingerprint density at radius 1 is 1.44 bits per heavy atom. The lowest BCUT2D eigenvalue weighted by Crippen LogP contribution is -2.16. The number of fused-ring (bicyclic) bond motifs is 1. The molecule has 0 spiro atoms. The van der Waals surface area contributed by atoms with Crippen molar-refractivity contribution in [1.82, 2.24) is 9.88 Å². The smallest absolute Gasteiger partial charge is 0.132 e. The molecule has 0 radical (unpaired) electrons. The van der Waals surface area contributed by atoms with Crippen LogP contribution in [0.2, 0.25) is 0 Å². The Kier molecular flexibility index (Phi) is 2.97. The molecule has 1 heterocycles. The zero-order valence-corrected chi connectivity index (χ0v) is 9.92. The standard InChI is InChI=1S/C13H17FN2/c1-4-16-12-7-5-6-11(14)10(12)8-13(16)9(2)15-3/h5-9,15H,4H2,1-3H3. The van der Waals surface area contributed by atoms with E-state index in [0.717, 1.165) is 17.8 Å². The maximum atomic E-state index is 13.6. The zero-order valence-electron chi connectivity index (χ0n) is 9.92. The van der Waals surface area contributed by atoms with E-state index in [-0.39, 0.29) is 11.9 Å². The Bertz CT molecular complexity index is 502. The van der Waals surface area contributed by atoms with E-state index in [1.54, 1.807) is 6.07 Å². The molecular weight excluding hydrogens is 203 g/mol. The van der Waals surface area contributed by atoms with Gasteiger partial charge in [-0.1, -0.05) is 6.07 Å². The van der Waals surface area contributed by atoms with Gasteiger partial charge in [-0.15, -0.1) is 0 Å². The van der Waals surface area contributed by atoms with Gasteiger partial charge in [0.05, 0.1) is 5.52 Å². The van der Waals surface area contributed by atoms with Crippen LogP contribution in [0.15, 0.2) is 24.3 Å². The fourth-order valence-electron chi connectivity index (χ4n) is 2.13. The minimum atomic E-state index is -0.144. The fourth-order valence-corrected chi connectivity index (χ4v) is 2.13. The van der Waals surface area contributed by atoms with Crippen LogP contribution in [0.3, 0.4) is 0 Å².